The topological polar surface area (TPSA) is 95.5 Å². The Hall–Kier alpha value is -2.51. The molecule has 23 heavy (non-hydrogen) atoms. The molecule has 2 amide bonds. The minimum Gasteiger partial charge on any atom is -0.480 e. The zero-order valence-corrected chi connectivity index (χ0v) is 12.6. The highest BCUT2D eigenvalue weighted by atomic mass is 19.2. The maximum absolute atomic E-state index is 13.0. The van der Waals surface area contributed by atoms with Crippen LogP contribution in [0, 0.1) is 11.6 Å². The molecule has 1 aromatic carbocycles. The summed E-state index contributed by atoms with van der Waals surface area (Å²) >= 11 is 0. The molecule has 0 aliphatic rings. The number of unbranched alkanes of at least 4 members (excludes halogenated alkanes) is 1. The van der Waals surface area contributed by atoms with E-state index in [1.54, 1.807) is 0 Å². The van der Waals surface area contributed by atoms with Gasteiger partial charge < -0.3 is 15.7 Å². The molecule has 0 fully saturated rings. The minimum atomic E-state index is -1.17. The lowest BCUT2D eigenvalue weighted by molar-refractivity contribution is -0.141. The fraction of sp³-hybridized carbons (Fsp3) is 0.400. The van der Waals surface area contributed by atoms with Gasteiger partial charge in [-0.05, 0) is 24.6 Å². The lowest BCUT2D eigenvalue weighted by Crippen LogP contribution is -2.45. The predicted octanol–water partition coefficient (Wildman–Crippen LogP) is 1.45. The minimum absolute atomic E-state index is 0.141. The third-order valence-electron chi connectivity index (χ3n) is 3.07. The number of amides is 2. The van der Waals surface area contributed by atoms with Crippen LogP contribution in [0.5, 0.6) is 0 Å². The van der Waals surface area contributed by atoms with Crippen LogP contribution in [0.15, 0.2) is 18.2 Å². The largest absolute Gasteiger partial charge is 0.480 e. The van der Waals surface area contributed by atoms with Crippen molar-refractivity contribution < 1.29 is 28.3 Å². The molecule has 3 N–H and O–H groups in total. The van der Waals surface area contributed by atoms with Crippen molar-refractivity contribution in [1.82, 2.24) is 10.6 Å². The molecular formula is C15H18F2N2O4. The summed E-state index contributed by atoms with van der Waals surface area (Å²) in [6, 6.07) is 1.56. The number of aliphatic carboxylic acids is 1. The van der Waals surface area contributed by atoms with Gasteiger partial charge in [-0.1, -0.05) is 19.8 Å². The van der Waals surface area contributed by atoms with Gasteiger partial charge in [0.25, 0.3) is 5.91 Å². The lowest BCUT2D eigenvalue weighted by Gasteiger charge is -2.14. The normalized spacial score (nSPS) is 11.6. The molecule has 6 nitrogen and oxygen atoms in total. The van der Waals surface area contributed by atoms with Crippen LogP contribution in [0.3, 0.4) is 0 Å². The Morgan fingerprint density at radius 2 is 1.91 bits per heavy atom. The molecule has 8 heteroatoms. The number of carbonyl (C=O) groups is 3. The van der Waals surface area contributed by atoms with Crippen molar-refractivity contribution in [3.8, 4) is 0 Å². The number of rotatable bonds is 8. The first-order valence-corrected chi connectivity index (χ1v) is 7.10. The number of hydrogen-bond donors (Lipinski definition) is 3. The van der Waals surface area contributed by atoms with Crippen LogP contribution < -0.4 is 10.6 Å². The molecule has 0 aromatic heterocycles. The third kappa shape index (κ3) is 6.01. The van der Waals surface area contributed by atoms with Gasteiger partial charge >= 0.3 is 5.97 Å². The molecule has 1 atom stereocenters. The van der Waals surface area contributed by atoms with Crippen LogP contribution in [0.25, 0.3) is 0 Å². The number of carboxylic acids is 1. The van der Waals surface area contributed by atoms with Gasteiger partial charge in [0.2, 0.25) is 5.91 Å². The standard InChI is InChI=1S/C15H18F2N2O4/c1-2-3-4-12(15(22)23)19-13(20)8-18-14(21)9-5-6-10(16)11(17)7-9/h5-7,12H,2-4,8H2,1H3,(H,18,21)(H,19,20)(H,22,23). The molecule has 0 aliphatic carbocycles. The number of benzene rings is 1. The number of halogens is 2. The van der Waals surface area contributed by atoms with E-state index in [0.29, 0.717) is 12.5 Å². The van der Waals surface area contributed by atoms with Crippen molar-refractivity contribution in [2.24, 2.45) is 0 Å². The van der Waals surface area contributed by atoms with Crippen molar-refractivity contribution in [2.45, 2.75) is 32.2 Å². The third-order valence-corrected chi connectivity index (χ3v) is 3.07. The van der Waals surface area contributed by atoms with Crippen LogP contribution in [-0.4, -0.2) is 35.5 Å². The van der Waals surface area contributed by atoms with E-state index in [0.717, 1.165) is 18.6 Å². The van der Waals surface area contributed by atoms with Crippen LogP contribution in [0.1, 0.15) is 36.5 Å². The van der Waals surface area contributed by atoms with Gasteiger partial charge in [0, 0.05) is 5.56 Å². The lowest BCUT2D eigenvalue weighted by atomic mass is 10.1. The molecule has 0 bridgehead atoms. The van der Waals surface area contributed by atoms with Gasteiger partial charge in [0.1, 0.15) is 6.04 Å². The summed E-state index contributed by atoms with van der Waals surface area (Å²) in [4.78, 5) is 34.4. The van der Waals surface area contributed by atoms with Gasteiger partial charge in [-0.25, -0.2) is 13.6 Å². The van der Waals surface area contributed by atoms with Crippen LogP contribution in [-0.2, 0) is 9.59 Å². The number of carboxylic acid groups (broad SMARTS) is 1. The Morgan fingerprint density at radius 1 is 1.22 bits per heavy atom. The van der Waals surface area contributed by atoms with Crippen molar-refractivity contribution in [1.29, 1.82) is 0 Å². The highest BCUT2D eigenvalue weighted by molar-refractivity contribution is 5.96. The molecule has 126 valence electrons. The van der Waals surface area contributed by atoms with Crippen molar-refractivity contribution in [3.63, 3.8) is 0 Å². The second-order valence-electron chi connectivity index (χ2n) is 4.91. The highest BCUT2D eigenvalue weighted by Crippen LogP contribution is 2.08. The fourth-order valence-electron chi connectivity index (χ4n) is 1.81. The smallest absolute Gasteiger partial charge is 0.326 e. The highest BCUT2D eigenvalue weighted by Gasteiger charge is 2.19. The summed E-state index contributed by atoms with van der Waals surface area (Å²) in [5, 5.41) is 13.5. The average molecular weight is 328 g/mol. The number of hydrogen-bond acceptors (Lipinski definition) is 3. The predicted molar refractivity (Wildman–Crippen MR) is 77.8 cm³/mol. The van der Waals surface area contributed by atoms with E-state index in [1.807, 2.05) is 6.92 Å². The number of nitrogens with one attached hydrogen (secondary N) is 2. The monoisotopic (exact) mass is 328 g/mol. The zero-order valence-electron chi connectivity index (χ0n) is 12.6. The molecule has 1 unspecified atom stereocenters. The first kappa shape index (κ1) is 18.5. The molecule has 0 spiro atoms. The van der Waals surface area contributed by atoms with Crippen LogP contribution in [0.4, 0.5) is 8.78 Å². The second kappa shape index (κ2) is 8.82. The van der Waals surface area contributed by atoms with Crippen molar-refractivity contribution in [3.05, 3.63) is 35.4 Å². The first-order chi connectivity index (χ1) is 10.8. The van der Waals surface area contributed by atoms with Gasteiger partial charge in [-0.15, -0.1) is 0 Å². The summed E-state index contributed by atoms with van der Waals surface area (Å²) < 4.78 is 25.8. The molecule has 0 radical (unpaired) electrons. The van der Waals surface area contributed by atoms with Crippen molar-refractivity contribution in [2.75, 3.05) is 6.54 Å². The van der Waals surface area contributed by atoms with E-state index < -0.39 is 42.0 Å². The second-order valence-corrected chi connectivity index (χ2v) is 4.91. The Morgan fingerprint density at radius 3 is 2.48 bits per heavy atom. The zero-order chi connectivity index (χ0) is 17.4. The van der Waals surface area contributed by atoms with E-state index in [1.165, 1.54) is 0 Å². The SMILES string of the molecule is CCCCC(NC(=O)CNC(=O)c1ccc(F)c(F)c1)C(=O)O. The fourth-order valence-corrected chi connectivity index (χ4v) is 1.81. The summed E-state index contributed by atoms with van der Waals surface area (Å²) in [6.07, 6.45) is 1.71. The molecular weight excluding hydrogens is 310 g/mol. The molecule has 0 heterocycles. The van der Waals surface area contributed by atoms with E-state index in [4.69, 9.17) is 5.11 Å². The van der Waals surface area contributed by atoms with Gasteiger partial charge in [0.15, 0.2) is 11.6 Å². The Balaban J connectivity index is 2.52. The van der Waals surface area contributed by atoms with E-state index in [-0.39, 0.29) is 12.0 Å². The van der Waals surface area contributed by atoms with E-state index in [9.17, 15) is 23.2 Å². The molecule has 0 saturated carbocycles. The van der Waals surface area contributed by atoms with Crippen molar-refractivity contribution >= 4 is 17.8 Å². The van der Waals surface area contributed by atoms with Crippen LogP contribution in [0.2, 0.25) is 0 Å². The average Bonchev–Trinajstić information content (AvgIpc) is 2.51. The van der Waals surface area contributed by atoms with Gasteiger partial charge in [-0.3, -0.25) is 9.59 Å². The Labute approximate surface area is 131 Å². The van der Waals surface area contributed by atoms with Crippen LogP contribution >= 0.6 is 0 Å². The molecule has 1 rings (SSSR count). The summed E-state index contributed by atoms with van der Waals surface area (Å²) in [5.41, 5.74) is -0.141. The van der Waals surface area contributed by atoms with E-state index >= 15 is 0 Å². The quantitative estimate of drug-likeness (QED) is 0.673. The Kier molecular flexibility index (Phi) is 7.11. The molecule has 1 aromatic rings. The summed E-state index contributed by atoms with van der Waals surface area (Å²) in [7, 11) is 0. The summed E-state index contributed by atoms with van der Waals surface area (Å²) in [5.74, 6) is -4.85. The molecule has 0 aliphatic heterocycles. The maximum Gasteiger partial charge on any atom is 0.326 e. The number of carbonyl (C=O) groups excluding carboxylic acids is 2. The summed E-state index contributed by atoms with van der Waals surface area (Å²) in [6.45, 7) is 1.43. The van der Waals surface area contributed by atoms with Gasteiger partial charge in [-0.2, -0.15) is 0 Å². The van der Waals surface area contributed by atoms with Gasteiger partial charge in [0.05, 0.1) is 6.54 Å². The maximum atomic E-state index is 13.0. The Bertz CT molecular complexity index is 593. The molecule has 0 saturated heterocycles. The van der Waals surface area contributed by atoms with E-state index in [2.05, 4.69) is 10.6 Å². The first-order valence-electron chi connectivity index (χ1n) is 7.10.